The molecule has 6 heteroatoms. The van der Waals surface area contributed by atoms with E-state index in [9.17, 15) is 4.79 Å². The van der Waals surface area contributed by atoms with Crippen LogP contribution in [-0.2, 0) is 11.2 Å². The van der Waals surface area contributed by atoms with Gasteiger partial charge in [-0.25, -0.2) is 0 Å². The van der Waals surface area contributed by atoms with Crippen LogP contribution in [0, 0.1) is 0 Å². The molecule has 5 rings (SSSR count). The second-order valence-corrected chi connectivity index (χ2v) is 8.35. The number of amides is 1. The van der Waals surface area contributed by atoms with Crippen molar-refractivity contribution in [3.05, 3.63) is 84.4 Å². The summed E-state index contributed by atoms with van der Waals surface area (Å²) in [5, 5.41) is 12.7. The molecule has 0 aliphatic rings. The molecular weight excluding hydrogens is 392 g/mol. The third-order valence-corrected chi connectivity index (χ3v) is 6.25. The Hall–Kier alpha value is -3.48. The number of carbonyl (C=O) groups is 1. The standard InChI is InChI=1S/C24H20N4OS/c25-19(12-15-6-2-1-3-7-15)24(29)26-17-10-11-20-18(14-17)23(28-27-20)22-13-16-8-4-5-9-21(16)30-22/h1-11,13-14,19H,12,25H2,(H,26,29)(H,27,28)/t19-/m1/s1. The summed E-state index contributed by atoms with van der Waals surface area (Å²) in [5.41, 5.74) is 9.68. The predicted octanol–water partition coefficient (Wildman–Crippen LogP) is 4.95. The summed E-state index contributed by atoms with van der Waals surface area (Å²) in [5.74, 6) is -0.204. The van der Waals surface area contributed by atoms with Crippen molar-refractivity contribution in [1.82, 2.24) is 10.2 Å². The highest BCUT2D eigenvalue weighted by atomic mass is 32.1. The molecule has 0 aliphatic heterocycles. The van der Waals surface area contributed by atoms with Crippen LogP contribution in [-0.4, -0.2) is 22.1 Å². The van der Waals surface area contributed by atoms with Crippen molar-refractivity contribution in [2.24, 2.45) is 5.73 Å². The molecule has 0 spiro atoms. The smallest absolute Gasteiger partial charge is 0.241 e. The molecule has 0 unspecified atom stereocenters. The zero-order valence-electron chi connectivity index (χ0n) is 16.1. The number of rotatable bonds is 5. The predicted molar refractivity (Wildman–Crippen MR) is 124 cm³/mol. The van der Waals surface area contributed by atoms with E-state index in [2.05, 4.69) is 33.7 Å². The number of aromatic nitrogens is 2. The fourth-order valence-electron chi connectivity index (χ4n) is 3.57. The van der Waals surface area contributed by atoms with Gasteiger partial charge in [0.25, 0.3) is 0 Å². The van der Waals surface area contributed by atoms with E-state index in [-0.39, 0.29) is 5.91 Å². The molecule has 5 nitrogen and oxygen atoms in total. The van der Waals surface area contributed by atoms with Crippen molar-refractivity contribution >= 4 is 43.9 Å². The topological polar surface area (TPSA) is 83.8 Å². The normalized spacial score (nSPS) is 12.3. The van der Waals surface area contributed by atoms with Gasteiger partial charge in [0.1, 0.15) is 5.69 Å². The fraction of sp³-hybridized carbons (Fsp3) is 0.0833. The number of nitrogens with one attached hydrogen (secondary N) is 2. The van der Waals surface area contributed by atoms with Crippen LogP contribution in [0.25, 0.3) is 31.6 Å². The monoisotopic (exact) mass is 412 g/mol. The molecule has 0 radical (unpaired) electrons. The van der Waals surface area contributed by atoms with E-state index >= 15 is 0 Å². The maximum absolute atomic E-state index is 12.6. The van der Waals surface area contributed by atoms with Crippen molar-refractivity contribution < 1.29 is 4.79 Å². The first-order valence-corrected chi connectivity index (χ1v) is 10.6. The Kier molecular flexibility index (Phi) is 4.78. The lowest BCUT2D eigenvalue weighted by molar-refractivity contribution is -0.117. The minimum atomic E-state index is -0.616. The number of thiophene rings is 1. The number of fused-ring (bicyclic) bond motifs is 2. The van der Waals surface area contributed by atoms with Gasteiger partial charge in [-0.2, -0.15) is 5.10 Å². The van der Waals surface area contributed by atoms with E-state index in [4.69, 9.17) is 5.73 Å². The summed E-state index contributed by atoms with van der Waals surface area (Å²) in [6, 6.07) is 25.3. The van der Waals surface area contributed by atoms with Crippen molar-refractivity contribution in [1.29, 1.82) is 0 Å². The fourth-order valence-corrected chi connectivity index (χ4v) is 4.64. The van der Waals surface area contributed by atoms with Crippen LogP contribution in [0.15, 0.2) is 78.9 Å². The number of benzene rings is 3. The average molecular weight is 413 g/mol. The summed E-state index contributed by atoms with van der Waals surface area (Å²) >= 11 is 1.71. The van der Waals surface area contributed by atoms with E-state index in [1.807, 2.05) is 60.7 Å². The minimum Gasteiger partial charge on any atom is -0.325 e. The number of aromatic amines is 1. The number of H-pyrrole nitrogens is 1. The van der Waals surface area contributed by atoms with Gasteiger partial charge in [0.15, 0.2) is 0 Å². The molecule has 148 valence electrons. The van der Waals surface area contributed by atoms with Crippen molar-refractivity contribution in [3.8, 4) is 10.6 Å². The highest BCUT2D eigenvalue weighted by molar-refractivity contribution is 7.22. The first kappa shape index (κ1) is 18.5. The molecule has 0 fully saturated rings. The van der Waals surface area contributed by atoms with E-state index in [1.165, 1.54) is 10.1 Å². The van der Waals surface area contributed by atoms with Gasteiger partial charge < -0.3 is 11.1 Å². The van der Waals surface area contributed by atoms with Gasteiger partial charge in [-0.05, 0) is 47.7 Å². The molecule has 1 atom stereocenters. The van der Waals surface area contributed by atoms with E-state index < -0.39 is 6.04 Å². The number of carbonyl (C=O) groups excluding carboxylic acids is 1. The number of nitrogens with zero attached hydrogens (tertiary/aromatic N) is 1. The number of anilines is 1. The molecule has 3 aromatic carbocycles. The van der Waals surface area contributed by atoms with Crippen LogP contribution in [0.2, 0.25) is 0 Å². The molecule has 0 saturated heterocycles. The van der Waals surface area contributed by atoms with Gasteiger partial charge in [-0.15, -0.1) is 11.3 Å². The quantitative estimate of drug-likeness (QED) is 0.382. The molecule has 0 aliphatic carbocycles. The molecule has 5 aromatic rings. The second kappa shape index (κ2) is 7.74. The molecule has 0 bridgehead atoms. The molecule has 2 aromatic heterocycles. The van der Waals surface area contributed by atoms with Crippen molar-refractivity contribution in [2.75, 3.05) is 5.32 Å². The Bertz CT molecular complexity index is 1310. The summed E-state index contributed by atoms with van der Waals surface area (Å²) in [6.07, 6.45) is 0.494. The second-order valence-electron chi connectivity index (χ2n) is 7.27. The minimum absolute atomic E-state index is 0.204. The average Bonchev–Trinajstić information content (AvgIpc) is 3.37. The van der Waals surface area contributed by atoms with Crippen molar-refractivity contribution in [2.45, 2.75) is 12.5 Å². The lowest BCUT2D eigenvalue weighted by Gasteiger charge is -2.12. The first-order chi connectivity index (χ1) is 14.7. The Morgan fingerprint density at radius 2 is 1.83 bits per heavy atom. The van der Waals surface area contributed by atoms with Gasteiger partial charge in [-0.3, -0.25) is 9.89 Å². The van der Waals surface area contributed by atoms with Crippen LogP contribution in [0.1, 0.15) is 5.56 Å². The van der Waals surface area contributed by atoms with Gasteiger partial charge in [0.2, 0.25) is 5.91 Å². The van der Waals surface area contributed by atoms with Crippen LogP contribution < -0.4 is 11.1 Å². The molecule has 2 heterocycles. The highest BCUT2D eigenvalue weighted by Crippen LogP contribution is 2.36. The maximum Gasteiger partial charge on any atom is 0.241 e. The molecule has 1 amide bonds. The Morgan fingerprint density at radius 1 is 1.03 bits per heavy atom. The third kappa shape index (κ3) is 3.58. The Labute approximate surface area is 177 Å². The zero-order chi connectivity index (χ0) is 20.5. The number of hydrogen-bond acceptors (Lipinski definition) is 4. The van der Waals surface area contributed by atoms with Gasteiger partial charge in [-0.1, -0.05) is 48.5 Å². The molecule has 0 saturated carbocycles. The van der Waals surface area contributed by atoms with Gasteiger partial charge in [0.05, 0.1) is 16.4 Å². The lowest BCUT2D eigenvalue weighted by atomic mass is 10.1. The highest BCUT2D eigenvalue weighted by Gasteiger charge is 2.16. The van der Waals surface area contributed by atoms with Crippen molar-refractivity contribution in [3.63, 3.8) is 0 Å². The largest absolute Gasteiger partial charge is 0.325 e. The molecular formula is C24H20N4OS. The van der Waals surface area contributed by atoms with Crippen LogP contribution in [0.3, 0.4) is 0 Å². The van der Waals surface area contributed by atoms with Gasteiger partial charge >= 0.3 is 0 Å². The van der Waals surface area contributed by atoms with Gasteiger partial charge in [0, 0.05) is 15.8 Å². The Morgan fingerprint density at radius 3 is 2.67 bits per heavy atom. The summed E-state index contributed by atoms with van der Waals surface area (Å²) < 4.78 is 1.22. The number of nitrogens with two attached hydrogens (primary N) is 1. The first-order valence-electron chi connectivity index (χ1n) is 9.75. The number of hydrogen-bond donors (Lipinski definition) is 3. The summed E-state index contributed by atoms with van der Waals surface area (Å²) in [4.78, 5) is 13.7. The SMILES string of the molecule is N[C@H](Cc1ccccc1)C(=O)Nc1ccc2[nH]nc(-c3cc4ccccc4s3)c2c1. The van der Waals surface area contributed by atoms with E-state index in [0.29, 0.717) is 12.1 Å². The summed E-state index contributed by atoms with van der Waals surface area (Å²) in [6.45, 7) is 0. The maximum atomic E-state index is 12.6. The van der Waals surface area contributed by atoms with Crippen LogP contribution in [0.5, 0.6) is 0 Å². The lowest BCUT2D eigenvalue weighted by Crippen LogP contribution is -2.37. The van der Waals surface area contributed by atoms with Crippen LogP contribution in [0.4, 0.5) is 5.69 Å². The molecule has 4 N–H and O–H groups in total. The van der Waals surface area contributed by atoms with E-state index in [0.717, 1.165) is 27.0 Å². The summed E-state index contributed by atoms with van der Waals surface area (Å²) in [7, 11) is 0. The zero-order valence-corrected chi connectivity index (χ0v) is 16.9. The van der Waals surface area contributed by atoms with E-state index in [1.54, 1.807) is 11.3 Å². The molecule has 30 heavy (non-hydrogen) atoms. The third-order valence-electron chi connectivity index (χ3n) is 5.12. The Balaban J connectivity index is 1.40. The van der Waals surface area contributed by atoms with Crippen LogP contribution >= 0.6 is 11.3 Å².